The number of nitrogens with zero attached hydrogens (tertiary/aromatic N) is 5. The number of hydrogen-bond donors (Lipinski definition) is 0. The van der Waals surface area contributed by atoms with E-state index in [0.717, 1.165) is 60.8 Å². The Bertz CT molecular complexity index is 2090. The molecule has 2 heterocycles. The highest BCUT2D eigenvalue weighted by Gasteiger charge is 2.15. The molecule has 0 saturated heterocycles. The van der Waals surface area contributed by atoms with Gasteiger partial charge in [-0.3, -0.25) is 9.98 Å². The number of allylic oxidation sites excluding steroid dienone is 1. The Hall–Kier alpha value is -5.81. The van der Waals surface area contributed by atoms with E-state index in [1.807, 2.05) is 79.7 Å². The first-order chi connectivity index (χ1) is 21.2. The molecule has 0 bridgehead atoms. The fourth-order valence-corrected chi connectivity index (χ4v) is 5.47. The third-order valence-electron chi connectivity index (χ3n) is 7.59. The van der Waals surface area contributed by atoms with Gasteiger partial charge in [-0.25, -0.2) is 15.0 Å². The fourth-order valence-electron chi connectivity index (χ4n) is 5.47. The van der Waals surface area contributed by atoms with Crippen molar-refractivity contribution in [3.8, 4) is 34.2 Å². The molecular formula is C38H27N5. The van der Waals surface area contributed by atoms with E-state index < -0.39 is 0 Å². The summed E-state index contributed by atoms with van der Waals surface area (Å²) in [5, 5.41) is 3.26. The lowest BCUT2D eigenvalue weighted by atomic mass is 9.93. The number of aliphatic imine (C=N–C) groups is 1. The molecule has 0 spiro atoms. The summed E-state index contributed by atoms with van der Waals surface area (Å²) in [4.78, 5) is 23.6. The van der Waals surface area contributed by atoms with Crippen LogP contribution in [0.3, 0.4) is 0 Å². The Morgan fingerprint density at radius 2 is 1.21 bits per heavy atom. The summed E-state index contributed by atoms with van der Waals surface area (Å²) in [6, 6.07) is 41.1. The first-order valence-corrected chi connectivity index (χ1v) is 14.1. The van der Waals surface area contributed by atoms with Crippen LogP contribution in [0.1, 0.15) is 18.1 Å². The van der Waals surface area contributed by atoms with Crippen molar-refractivity contribution in [2.24, 2.45) is 4.99 Å². The van der Waals surface area contributed by atoms with E-state index in [4.69, 9.17) is 15.0 Å². The van der Waals surface area contributed by atoms with Crippen LogP contribution >= 0.6 is 0 Å². The maximum absolute atomic E-state index is 4.90. The Morgan fingerprint density at radius 1 is 0.605 bits per heavy atom. The molecule has 0 radical (unpaired) electrons. The van der Waals surface area contributed by atoms with Crippen LogP contribution in [0, 0.1) is 0 Å². The number of fused-ring (bicyclic) bond motifs is 2. The third kappa shape index (κ3) is 4.98. The molecule has 5 aromatic carbocycles. The summed E-state index contributed by atoms with van der Waals surface area (Å²) in [6.07, 6.45) is 3.91. The van der Waals surface area contributed by atoms with Crippen LogP contribution in [0.4, 0.5) is 5.69 Å². The second-order valence-electron chi connectivity index (χ2n) is 10.2. The summed E-state index contributed by atoms with van der Waals surface area (Å²) in [5.74, 6) is 1.93. The van der Waals surface area contributed by atoms with Crippen LogP contribution in [0.2, 0.25) is 0 Å². The molecule has 0 aliphatic carbocycles. The molecule has 2 aromatic heterocycles. The summed E-state index contributed by atoms with van der Waals surface area (Å²) in [7, 11) is 0. The van der Waals surface area contributed by atoms with Crippen LogP contribution in [0.15, 0.2) is 139 Å². The van der Waals surface area contributed by atoms with E-state index in [0.29, 0.717) is 17.5 Å². The van der Waals surface area contributed by atoms with Crippen LogP contribution in [-0.2, 0) is 0 Å². The Balaban J connectivity index is 1.31. The van der Waals surface area contributed by atoms with E-state index in [-0.39, 0.29) is 0 Å². The van der Waals surface area contributed by atoms with E-state index in [9.17, 15) is 0 Å². The molecule has 0 N–H and O–H groups in total. The van der Waals surface area contributed by atoms with Crippen molar-refractivity contribution in [1.29, 1.82) is 0 Å². The largest absolute Gasteiger partial charge is 0.262 e. The average molecular weight is 554 g/mol. The van der Waals surface area contributed by atoms with Crippen LogP contribution in [0.5, 0.6) is 0 Å². The summed E-state index contributed by atoms with van der Waals surface area (Å²) in [6.45, 7) is 5.91. The SMILES string of the molecule is C=Nc1c(/C(=C\C)c2ccc3cc(-c4nc(-c5ccccc5)nc(-c5ccccc5)n4)ccc3c2)ccc2cccnc12. The van der Waals surface area contributed by atoms with Crippen LogP contribution in [-0.4, -0.2) is 26.7 Å². The molecule has 0 fully saturated rings. The van der Waals surface area contributed by atoms with E-state index in [1.54, 1.807) is 6.20 Å². The molecule has 0 atom stereocenters. The van der Waals surface area contributed by atoms with Gasteiger partial charge in [-0.1, -0.05) is 109 Å². The Kier molecular flexibility index (Phi) is 6.82. The smallest absolute Gasteiger partial charge is 0.164 e. The second-order valence-corrected chi connectivity index (χ2v) is 10.2. The highest BCUT2D eigenvalue weighted by atomic mass is 15.0. The lowest BCUT2D eigenvalue weighted by Gasteiger charge is -2.14. The van der Waals surface area contributed by atoms with Gasteiger partial charge in [0.1, 0.15) is 0 Å². The molecule has 204 valence electrons. The zero-order chi connectivity index (χ0) is 29.2. The van der Waals surface area contributed by atoms with Crippen molar-refractivity contribution in [2.45, 2.75) is 6.92 Å². The summed E-state index contributed by atoms with van der Waals surface area (Å²) in [5.41, 5.74) is 7.66. The van der Waals surface area contributed by atoms with Crippen molar-refractivity contribution in [3.63, 3.8) is 0 Å². The lowest BCUT2D eigenvalue weighted by Crippen LogP contribution is -2.00. The Labute approximate surface area is 250 Å². The van der Waals surface area contributed by atoms with Gasteiger partial charge in [0.2, 0.25) is 0 Å². The normalized spacial score (nSPS) is 11.6. The van der Waals surface area contributed by atoms with E-state index in [2.05, 4.69) is 71.3 Å². The van der Waals surface area contributed by atoms with Gasteiger partial charge in [-0.05, 0) is 53.7 Å². The van der Waals surface area contributed by atoms with Crippen molar-refractivity contribution in [3.05, 3.63) is 145 Å². The molecule has 0 amide bonds. The first-order valence-electron chi connectivity index (χ1n) is 14.1. The van der Waals surface area contributed by atoms with Crippen LogP contribution < -0.4 is 0 Å². The van der Waals surface area contributed by atoms with Gasteiger partial charge in [0, 0.05) is 33.8 Å². The third-order valence-corrected chi connectivity index (χ3v) is 7.59. The highest BCUT2D eigenvalue weighted by molar-refractivity contribution is 6.00. The number of rotatable bonds is 6. The molecule has 7 aromatic rings. The number of aromatic nitrogens is 4. The molecule has 43 heavy (non-hydrogen) atoms. The maximum Gasteiger partial charge on any atom is 0.164 e. The fraction of sp³-hybridized carbons (Fsp3) is 0.0263. The van der Waals surface area contributed by atoms with Gasteiger partial charge < -0.3 is 0 Å². The first kappa shape index (κ1) is 26.1. The number of hydrogen-bond acceptors (Lipinski definition) is 5. The quantitative estimate of drug-likeness (QED) is 0.192. The monoisotopic (exact) mass is 553 g/mol. The van der Waals surface area contributed by atoms with Crippen molar-refractivity contribution in [2.75, 3.05) is 0 Å². The van der Waals surface area contributed by atoms with Crippen LogP contribution in [0.25, 0.3) is 61.4 Å². The Morgan fingerprint density at radius 3 is 1.86 bits per heavy atom. The van der Waals surface area contributed by atoms with Crippen molar-refractivity contribution in [1.82, 2.24) is 19.9 Å². The summed E-state index contributed by atoms with van der Waals surface area (Å²) < 4.78 is 0. The molecule has 7 rings (SSSR count). The molecule has 0 aliphatic rings. The van der Waals surface area contributed by atoms with Gasteiger partial charge in [0.15, 0.2) is 17.5 Å². The van der Waals surface area contributed by atoms with Gasteiger partial charge in [-0.15, -0.1) is 0 Å². The zero-order valence-corrected chi connectivity index (χ0v) is 23.6. The molecule has 5 nitrogen and oxygen atoms in total. The maximum atomic E-state index is 4.90. The molecule has 0 aliphatic heterocycles. The number of pyridine rings is 1. The van der Waals surface area contributed by atoms with E-state index >= 15 is 0 Å². The van der Waals surface area contributed by atoms with Gasteiger partial charge in [0.05, 0.1) is 11.2 Å². The minimum absolute atomic E-state index is 0.637. The predicted molar refractivity (Wildman–Crippen MR) is 177 cm³/mol. The predicted octanol–water partition coefficient (Wildman–Crippen LogP) is 9.36. The van der Waals surface area contributed by atoms with Gasteiger partial charge in [-0.2, -0.15) is 0 Å². The van der Waals surface area contributed by atoms with Crippen molar-refractivity contribution >= 4 is 39.7 Å². The second kappa shape index (κ2) is 11.2. The minimum atomic E-state index is 0.637. The topological polar surface area (TPSA) is 63.9 Å². The standard InChI is InChI=1S/C38H27N5/c1-3-32(33-21-20-25-15-10-22-40-34(25)35(33)39-2)30-18-16-29-24-31(19-17-28(29)23-30)38-42-36(26-11-6-4-7-12-26)41-37(43-38)27-13-8-5-9-14-27/h3-24H,2H2,1H3/b32-3-. The van der Waals surface area contributed by atoms with Gasteiger partial charge >= 0.3 is 0 Å². The summed E-state index contributed by atoms with van der Waals surface area (Å²) >= 11 is 0. The highest BCUT2D eigenvalue weighted by Crippen LogP contribution is 2.37. The zero-order valence-electron chi connectivity index (χ0n) is 23.6. The average Bonchev–Trinajstić information content (AvgIpc) is 3.08. The van der Waals surface area contributed by atoms with Crippen molar-refractivity contribution < 1.29 is 0 Å². The lowest BCUT2D eigenvalue weighted by molar-refractivity contribution is 1.07. The molecular weight excluding hydrogens is 526 g/mol. The molecule has 0 unspecified atom stereocenters. The molecule has 0 saturated carbocycles. The van der Waals surface area contributed by atoms with Gasteiger partial charge in [0.25, 0.3) is 0 Å². The minimum Gasteiger partial charge on any atom is -0.262 e. The number of benzene rings is 5. The van der Waals surface area contributed by atoms with E-state index in [1.165, 1.54) is 0 Å². The molecule has 5 heteroatoms.